The fraction of sp³-hybridized carbons (Fsp3) is 0.462. The monoisotopic (exact) mass is 260 g/mol. The molecule has 0 aliphatic carbocycles. The van der Waals surface area contributed by atoms with Gasteiger partial charge in [-0.05, 0) is 28.3 Å². The number of hydrogen-bond acceptors (Lipinski definition) is 5. The standard InChI is InChI=1S/C13H20N6/c1-10(2)8-12(15-14)13-16-17-18-19(13)9-11-6-4-3-5-7-11/h3-7,10,12,15H,8-9,14H2,1-2H3. The summed E-state index contributed by atoms with van der Waals surface area (Å²) >= 11 is 0. The number of nitrogens with zero attached hydrogens (tertiary/aromatic N) is 4. The molecule has 0 amide bonds. The van der Waals surface area contributed by atoms with Gasteiger partial charge in [-0.3, -0.25) is 5.84 Å². The Morgan fingerprint density at radius 1 is 1.26 bits per heavy atom. The summed E-state index contributed by atoms with van der Waals surface area (Å²) in [5.74, 6) is 6.91. The maximum Gasteiger partial charge on any atom is 0.169 e. The summed E-state index contributed by atoms with van der Waals surface area (Å²) in [6.07, 6.45) is 0.895. The van der Waals surface area contributed by atoms with E-state index in [2.05, 4.69) is 46.9 Å². The molecule has 6 heteroatoms. The molecule has 0 spiro atoms. The van der Waals surface area contributed by atoms with Crippen molar-refractivity contribution < 1.29 is 0 Å². The molecule has 0 saturated heterocycles. The van der Waals surface area contributed by atoms with Crippen LogP contribution < -0.4 is 11.3 Å². The molecule has 3 N–H and O–H groups in total. The van der Waals surface area contributed by atoms with Crippen molar-refractivity contribution in [2.24, 2.45) is 11.8 Å². The minimum absolute atomic E-state index is 0.0290. The zero-order valence-corrected chi connectivity index (χ0v) is 11.3. The Kier molecular flexibility index (Phi) is 4.59. The van der Waals surface area contributed by atoms with Crippen LogP contribution in [0, 0.1) is 5.92 Å². The number of aromatic nitrogens is 4. The van der Waals surface area contributed by atoms with Crippen LogP contribution in [0.2, 0.25) is 0 Å². The molecule has 1 aromatic carbocycles. The zero-order valence-electron chi connectivity index (χ0n) is 11.3. The number of benzene rings is 1. The molecule has 1 atom stereocenters. The predicted molar refractivity (Wildman–Crippen MR) is 72.9 cm³/mol. The van der Waals surface area contributed by atoms with Gasteiger partial charge < -0.3 is 0 Å². The van der Waals surface area contributed by atoms with Gasteiger partial charge >= 0.3 is 0 Å². The van der Waals surface area contributed by atoms with E-state index >= 15 is 0 Å². The van der Waals surface area contributed by atoms with Crippen molar-refractivity contribution >= 4 is 0 Å². The van der Waals surface area contributed by atoms with Gasteiger partial charge in [-0.2, -0.15) is 0 Å². The van der Waals surface area contributed by atoms with E-state index in [0.717, 1.165) is 17.8 Å². The molecule has 0 radical (unpaired) electrons. The molecular formula is C13H20N6. The van der Waals surface area contributed by atoms with Crippen molar-refractivity contribution in [1.82, 2.24) is 25.6 Å². The van der Waals surface area contributed by atoms with E-state index in [1.807, 2.05) is 18.2 Å². The third-order valence-corrected chi connectivity index (χ3v) is 2.95. The fourth-order valence-corrected chi connectivity index (χ4v) is 2.05. The predicted octanol–water partition coefficient (Wildman–Crippen LogP) is 1.27. The van der Waals surface area contributed by atoms with E-state index in [9.17, 15) is 0 Å². The highest BCUT2D eigenvalue weighted by molar-refractivity contribution is 5.15. The lowest BCUT2D eigenvalue weighted by atomic mass is 10.0. The van der Waals surface area contributed by atoms with Gasteiger partial charge in [-0.15, -0.1) is 5.10 Å². The lowest BCUT2D eigenvalue weighted by Gasteiger charge is -2.17. The highest BCUT2D eigenvalue weighted by atomic mass is 15.5. The first-order valence-electron chi connectivity index (χ1n) is 6.46. The number of nitrogens with one attached hydrogen (secondary N) is 1. The van der Waals surface area contributed by atoms with E-state index in [0.29, 0.717) is 12.5 Å². The van der Waals surface area contributed by atoms with Crippen LogP contribution in [-0.2, 0) is 6.54 Å². The number of tetrazole rings is 1. The van der Waals surface area contributed by atoms with Crippen molar-refractivity contribution in [3.63, 3.8) is 0 Å². The minimum Gasteiger partial charge on any atom is -0.271 e. The molecule has 0 bridgehead atoms. The van der Waals surface area contributed by atoms with Crippen LogP contribution in [0.25, 0.3) is 0 Å². The van der Waals surface area contributed by atoms with Crippen molar-refractivity contribution in [3.05, 3.63) is 41.7 Å². The molecule has 0 aliphatic rings. The Labute approximate surface area is 113 Å². The van der Waals surface area contributed by atoms with Crippen molar-refractivity contribution in [2.45, 2.75) is 32.9 Å². The normalized spacial score (nSPS) is 12.8. The van der Waals surface area contributed by atoms with Gasteiger partial charge in [0.25, 0.3) is 0 Å². The summed E-state index contributed by atoms with van der Waals surface area (Å²) < 4.78 is 1.79. The average Bonchev–Trinajstić information content (AvgIpc) is 2.85. The van der Waals surface area contributed by atoms with Crippen LogP contribution >= 0.6 is 0 Å². The van der Waals surface area contributed by atoms with Gasteiger partial charge in [0.2, 0.25) is 0 Å². The summed E-state index contributed by atoms with van der Waals surface area (Å²) in [4.78, 5) is 0. The quantitative estimate of drug-likeness (QED) is 0.604. The average molecular weight is 260 g/mol. The van der Waals surface area contributed by atoms with Gasteiger partial charge in [0, 0.05) is 0 Å². The topological polar surface area (TPSA) is 81.7 Å². The SMILES string of the molecule is CC(C)CC(NN)c1nnnn1Cc1ccccc1. The minimum atomic E-state index is -0.0290. The first-order chi connectivity index (χ1) is 9.20. The fourth-order valence-electron chi connectivity index (χ4n) is 2.05. The molecule has 1 unspecified atom stereocenters. The first kappa shape index (κ1) is 13.6. The van der Waals surface area contributed by atoms with Gasteiger partial charge in [0.15, 0.2) is 5.82 Å². The number of hydrogen-bond donors (Lipinski definition) is 2. The Morgan fingerprint density at radius 3 is 2.63 bits per heavy atom. The first-order valence-corrected chi connectivity index (χ1v) is 6.46. The van der Waals surface area contributed by atoms with Crippen LogP contribution in [-0.4, -0.2) is 20.2 Å². The molecule has 0 fully saturated rings. The van der Waals surface area contributed by atoms with Crippen LogP contribution in [0.5, 0.6) is 0 Å². The van der Waals surface area contributed by atoms with Crippen LogP contribution in [0.15, 0.2) is 30.3 Å². The van der Waals surface area contributed by atoms with Crippen molar-refractivity contribution in [1.29, 1.82) is 0 Å². The van der Waals surface area contributed by atoms with Crippen LogP contribution in [0.1, 0.15) is 37.7 Å². The third kappa shape index (κ3) is 3.59. The smallest absolute Gasteiger partial charge is 0.169 e. The van der Waals surface area contributed by atoms with Crippen LogP contribution in [0.3, 0.4) is 0 Å². The van der Waals surface area contributed by atoms with Gasteiger partial charge in [-0.25, -0.2) is 10.1 Å². The number of hydrazine groups is 1. The van der Waals surface area contributed by atoms with E-state index < -0.39 is 0 Å². The lowest BCUT2D eigenvalue weighted by Crippen LogP contribution is -2.31. The Bertz CT molecular complexity index is 493. The number of rotatable bonds is 6. The van der Waals surface area contributed by atoms with Gasteiger partial charge in [0.1, 0.15) is 0 Å². The van der Waals surface area contributed by atoms with Gasteiger partial charge in [-0.1, -0.05) is 44.2 Å². The highest BCUT2D eigenvalue weighted by Crippen LogP contribution is 2.18. The Hall–Kier alpha value is -1.79. The van der Waals surface area contributed by atoms with Crippen molar-refractivity contribution in [3.8, 4) is 0 Å². The second-order valence-corrected chi connectivity index (χ2v) is 5.03. The molecule has 6 nitrogen and oxygen atoms in total. The van der Waals surface area contributed by atoms with Gasteiger partial charge in [0.05, 0.1) is 12.6 Å². The Balaban J connectivity index is 2.17. The molecule has 1 aromatic heterocycles. The lowest BCUT2D eigenvalue weighted by molar-refractivity contribution is 0.404. The summed E-state index contributed by atoms with van der Waals surface area (Å²) in [6.45, 7) is 4.95. The largest absolute Gasteiger partial charge is 0.271 e. The molecule has 0 aliphatic heterocycles. The molecular weight excluding hydrogens is 240 g/mol. The second kappa shape index (κ2) is 6.40. The number of nitrogens with two attached hydrogens (primary N) is 1. The van der Waals surface area contributed by atoms with E-state index in [-0.39, 0.29) is 6.04 Å². The third-order valence-electron chi connectivity index (χ3n) is 2.95. The molecule has 2 rings (SSSR count). The molecule has 19 heavy (non-hydrogen) atoms. The summed E-state index contributed by atoms with van der Waals surface area (Å²) in [7, 11) is 0. The maximum atomic E-state index is 5.62. The summed E-state index contributed by atoms with van der Waals surface area (Å²) in [5.41, 5.74) is 3.96. The summed E-state index contributed by atoms with van der Waals surface area (Å²) in [5, 5.41) is 11.9. The molecule has 2 aromatic rings. The summed E-state index contributed by atoms with van der Waals surface area (Å²) in [6, 6.07) is 10.1. The highest BCUT2D eigenvalue weighted by Gasteiger charge is 2.19. The molecule has 102 valence electrons. The van der Waals surface area contributed by atoms with Crippen LogP contribution in [0.4, 0.5) is 0 Å². The second-order valence-electron chi connectivity index (χ2n) is 5.03. The van der Waals surface area contributed by atoms with E-state index in [4.69, 9.17) is 5.84 Å². The zero-order chi connectivity index (χ0) is 13.7. The Morgan fingerprint density at radius 2 is 2.00 bits per heavy atom. The van der Waals surface area contributed by atoms with E-state index in [1.54, 1.807) is 4.68 Å². The van der Waals surface area contributed by atoms with Crippen molar-refractivity contribution in [2.75, 3.05) is 0 Å². The van der Waals surface area contributed by atoms with E-state index in [1.165, 1.54) is 0 Å². The maximum absolute atomic E-state index is 5.62. The molecule has 1 heterocycles. The molecule has 0 saturated carbocycles.